The van der Waals surface area contributed by atoms with Gasteiger partial charge in [-0.3, -0.25) is 29.2 Å². The van der Waals surface area contributed by atoms with Crippen LogP contribution in [-0.2, 0) is 33.9 Å². The number of likely N-dealkylation sites (tertiary alicyclic amines) is 1. The fourth-order valence-corrected chi connectivity index (χ4v) is 8.42. The van der Waals surface area contributed by atoms with Gasteiger partial charge in [0.05, 0.1) is 16.0 Å². The van der Waals surface area contributed by atoms with Crippen LogP contribution in [0.4, 0.5) is 16.2 Å². The van der Waals surface area contributed by atoms with Crippen molar-refractivity contribution in [2.75, 3.05) is 19.6 Å². The molecule has 4 rings (SSSR count). The van der Waals surface area contributed by atoms with Crippen LogP contribution in [0.5, 0.6) is 0 Å². The molecule has 1 unspecified atom stereocenters. The third kappa shape index (κ3) is 8.40. The zero-order valence-corrected chi connectivity index (χ0v) is 27.4. The number of ether oxygens (including phenoxy) is 1. The lowest BCUT2D eigenvalue weighted by Gasteiger charge is -2.38. The van der Waals surface area contributed by atoms with E-state index in [-0.39, 0.29) is 25.9 Å². The predicted molar refractivity (Wildman–Crippen MR) is 164 cm³/mol. The second-order valence-electron chi connectivity index (χ2n) is 12.0. The molecule has 17 nitrogen and oxygen atoms in total. The Morgan fingerprint density at radius 3 is 1.94 bits per heavy atom. The molecule has 2 atom stereocenters. The molecule has 2 aromatic carbocycles. The third-order valence-corrected chi connectivity index (χ3v) is 10.9. The number of carbonyl (C=O) groups is 2. The number of rotatable bonds is 9. The van der Waals surface area contributed by atoms with Crippen LogP contribution in [0, 0.1) is 20.2 Å². The maximum Gasteiger partial charge on any atom is 0.410 e. The molecular formula is C28H35N5O12S2. The first-order valence-electron chi connectivity index (χ1n) is 14.6. The molecule has 19 heteroatoms. The molecule has 256 valence electrons. The first-order valence-corrected chi connectivity index (χ1v) is 17.5. The van der Waals surface area contributed by atoms with Crippen LogP contribution in [0.1, 0.15) is 46.5 Å². The summed E-state index contributed by atoms with van der Waals surface area (Å²) >= 11 is 0. The van der Waals surface area contributed by atoms with Crippen molar-refractivity contribution >= 4 is 43.5 Å². The number of nitrogens with zero attached hydrogens (tertiary/aromatic N) is 4. The highest BCUT2D eigenvalue weighted by molar-refractivity contribution is 7.89. The number of nitro benzene ring substituents is 2. The second kappa shape index (κ2) is 13.9. The molecule has 0 aliphatic carbocycles. The van der Waals surface area contributed by atoms with Crippen molar-refractivity contribution < 1.29 is 45.2 Å². The summed E-state index contributed by atoms with van der Waals surface area (Å²) in [4.78, 5) is 47.5. The van der Waals surface area contributed by atoms with Crippen LogP contribution in [0.3, 0.4) is 0 Å². The molecule has 0 spiro atoms. The van der Waals surface area contributed by atoms with Gasteiger partial charge in [-0.05, 0) is 58.6 Å². The highest BCUT2D eigenvalue weighted by atomic mass is 32.2. The lowest BCUT2D eigenvalue weighted by atomic mass is 10.00. The van der Waals surface area contributed by atoms with Crippen molar-refractivity contribution in [1.82, 2.24) is 14.5 Å². The Labute approximate surface area is 271 Å². The molecule has 2 fully saturated rings. The van der Waals surface area contributed by atoms with Gasteiger partial charge in [-0.15, -0.1) is 0 Å². The lowest BCUT2D eigenvalue weighted by Crippen LogP contribution is -2.58. The highest BCUT2D eigenvalue weighted by Crippen LogP contribution is 2.34. The summed E-state index contributed by atoms with van der Waals surface area (Å²) in [5.74, 6) is -0.720. The summed E-state index contributed by atoms with van der Waals surface area (Å²) < 4.78 is 65.5. The second-order valence-corrected chi connectivity index (χ2v) is 15.4. The van der Waals surface area contributed by atoms with E-state index in [1.54, 1.807) is 20.8 Å². The van der Waals surface area contributed by atoms with E-state index >= 15 is 0 Å². The first kappa shape index (κ1) is 35.7. The average molecular weight is 698 g/mol. The Kier molecular flexibility index (Phi) is 10.5. The van der Waals surface area contributed by atoms with E-state index in [4.69, 9.17) is 8.92 Å². The van der Waals surface area contributed by atoms with Gasteiger partial charge in [0, 0.05) is 37.8 Å². The zero-order valence-electron chi connectivity index (χ0n) is 25.8. The standard InChI is InChI=1S/C28H35N5O12S2/c1-28(2,3)44-27(35)30-16-14-19(15-17-30)29-26(34)23-13-12-20(45-47(42,43)25-11-7-5-9-22(25)33(38)39)18-31(23)46(40,41)24-10-6-4-8-21(24)32(36)37/h4-11,19-20,23H,12-18H2,1-3H3,(H,29,34)/t20-,23?/m0/s1. The fourth-order valence-electron chi connectivity index (χ4n) is 5.35. The van der Waals surface area contributed by atoms with Crippen LogP contribution in [0.15, 0.2) is 58.3 Å². The normalized spacial score (nSPS) is 19.9. The van der Waals surface area contributed by atoms with Gasteiger partial charge >= 0.3 is 16.2 Å². The van der Waals surface area contributed by atoms with Gasteiger partial charge in [0.25, 0.3) is 21.4 Å². The molecule has 47 heavy (non-hydrogen) atoms. The van der Waals surface area contributed by atoms with Crippen molar-refractivity contribution in [3.63, 3.8) is 0 Å². The zero-order chi connectivity index (χ0) is 34.7. The van der Waals surface area contributed by atoms with Crippen molar-refractivity contribution in [2.24, 2.45) is 0 Å². The lowest BCUT2D eigenvalue weighted by molar-refractivity contribution is -0.388. The van der Waals surface area contributed by atoms with E-state index in [2.05, 4.69) is 5.32 Å². The van der Waals surface area contributed by atoms with E-state index in [0.29, 0.717) is 17.1 Å². The topological polar surface area (TPSA) is 226 Å². The number of nitro groups is 2. The Hall–Kier alpha value is -4.20. The first-order chi connectivity index (χ1) is 21.9. The van der Waals surface area contributed by atoms with Gasteiger partial charge in [-0.25, -0.2) is 13.2 Å². The molecule has 0 aromatic heterocycles. The number of carbonyl (C=O) groups excluding carboxylic acids is 2. The number of hydrogen-bond acceptors (Lipinski definition) is 12. The van der Waals surface area contributed by atoms with Gasteiger partial charge in [-0.1, -0.05) is 24.3 Å². The smallest absolute Gasteiger partial charge is 0.410 e. The Bertz CT molecular complexity index is 1750. The number of amides is 2. The van der Waals surface area contributed by atoms with E-state index in [1.807, 2.05) is 0 Å². The van der Waals surface area contributed by atoms with Crippen molar-refractivity contribution in [1.29, 1.82) is 0 Å². The molecule has 0 saturated carbocycles. The minimum atomic E-state index is -4.81. The molecule has 0 radical (unpaired) electrons. The third-order valence-electron chi connectivity index (χ3n) is 7.53. The number of nitrogens with one attached hydrogen (secondary N) is 1. The number of benzene rings is 2. The Morgan fingerprint density at radius 2 is 1.38 bits per heavy atom. The molecular weight excluding hydrogens is 662 g/mol. The van der Waals surface area contributed by atoms with Crippen molar-refractivity contribution in [2.45, 2.75) is 80.0 Å². The molecule has 0 bridgehead atoms. The van der Waals surface area contributed by atoms with E-state index in [1.165, 1.54) is 29.2 Å². The predicted octanol–water partition coefficient (Wildman–Crippen LogP) is 2.95. The Balaban J connectivity index is 1.58. The quantitative estimate of drug-likeness (QED) is 0.227. The molecule has 2 aliphatic rings. The number of piperidine rings is 2. The van der Waals surface area contributed by atoms with Crippen LogP contribution in [-0.4, -0.2) is 91.3 Å². The summed E-state index contributed by atoms with van der Waals surface area (Å²) in [5, 5.41) is 26.0. The van der Waals surface area contributed by atoms with E-state index in [9.17, 15) is 46.7 Å². The number of hydrogen-bond donors (Lipinski definition) is 1. The summed E-state index contributed by atoms with van der Waals surface area (Å²) in [5.41, 5.74) is -2.19. The highest BCUT2D eigenvalue weighted by Gasteiger charge is 2.45. The Morgan fingerprint density at radius 1 is 0.851 bits per heavy atom. The van der Waals surface area contributed by atoms with Crippen LogP contribution < -0.4 is 5.32 Å². The van der Waals surface area contributed by atoms with Crippen LogP contribution in [0.2, 0.25) is 0 Å². The van der Waals surface area contributed by atoms with Gasteiger partial charge in [0.2, 0.25) is 5.91 Å². The van der Waals surface area contributed by atoms with Gasteiger partial charge < -0.3 is 15.0 Å². The largest absolute Gasteiger partial charge is 0.444 e. The average Bonchev–Trinajstić information content (AvgIpc) is 3.00. The summed E-state index contributed by atoms with van der Waals surface area (Å²) in [6.07, 6.45) is -1.59. The number of para-hydroxylation sites is 2. The molecule has 1 N–H and O–H groups in total. The molecule has 2 aliphatic heterocycles. The molecule has 2 aromatic rings. The van der Waals surface area contributed by atoms with Crippen LogP contribution in [0.25, 0.3) is 0 Å². The fraction of sp³-hybridized carbons (Fsp3) is 0.500. The summed E-state index contributed by atoms with van der Waals surface area (Å²) in [6, 6.07) is 7.15. The van der Waals surface area contributed by atoms with Crippen LogP contribution >= 0.6 is 0 Å². The maximum absolute atomic E-state index is 14.0. The minimum absolute atomic E-state index is 0.141. The molecule has 2 amide bonds. The molecule has 2 saturated heterocycles. The summed E-state index contributed by atoms with van der Waals surface area (Å²) in [7, 11) is -9.60. The van der Waals surface area contributed by atoms with E-state index < -0.39 is 93.5 Å². The van der Waals surface area contributed by atoms with E-state index in [0.717, 1.165) is 24.3 Å². The van der Waals surface area contributed by atoms with Gasteiger partial charge in [-0.2, -0.15) is 12.7 Å². The van der Waals surface area contributed by atoms with Crippen molar-refractivity contribution in [3.8, 4) is 0 Å². The molecule has 2 heterocycles. The summed E-state index contributed by atoms with van der Waals surface area (Å²) in [6.45, 7) is 5.04. The van der Waals surface area contributed by atoms with Gasteiger partial charge in [0.15, 0.2) is 9.79 Å². The monoisotopic (exact) mass is 697 g/mol. The minimum Gasteiger partial charge on any atom is -0.444 e. The SMILES string of the molecule is CC(C)(C)OC(=O)N1CCC(NC(=O)C2CC[C@H](OS(=O)(=O)c3ccccc3[N+](=O)[O-])CN2S(=O)(=O)c2ccccc2[N+](=O)[O-])CC1. The maximum atomic E-state index is 14.0. The van der Waals surface area contributed by atoms with Crippen molar-refractivity contribution in [3.05, 3.63) is 68.8 Å². The number of sulfonamides is 1. The van der Waals surface area contributed by atoms with Gasteiger partial charge in [0.1, 0.15) is 11.6 Å².